The van der Waals surface area contributed by atoms with E-state index in [2.05, 4.69) is 26.2 Å². The van der Waals surface area contributed by atoms with Crippen LogP contribution >= 0.6 is 39.0 Å². The van der Waals surface area contributed by atoms with Gasteiger partial charge in [-0.1, -0.05) is 33.8 Å². The van der Waals surface area contributed by atoms with Crippen molar-refractivity contribution in [3.8, 4) is 10.8 Å². The number of thiophene rings is 1. The summed E-state index contributed by atoms with van der Waals surface area (Å²) in [6.07, 6.45) is 1.96. The number of amides is 1. The summed E-state index contributed by atoms with van der Waals surface area (Å²) in [5, 5.41) is 4.59. The van der Waals surface area contributed by atoms with Crippen LogP contribution in [-0.4, -0.2) is 44.3 Å². The summed E-state index contributed by atoms with van der Waals surface area (Å²) < 4.78 is 38.5. The molecule has 0 bridgehead atoms. The van der Waals surface area contributed by atoms with Gasteiger partial charge < -0.3 is 14.5 Å². The van der Waals surface area contributed by atoms with Gasteiger partial charge in [0.2, 0.25) is 31.8 Å². The number of carbonyl (C=O) groups excluding carboxylic acids is 1. The molecule has 0 radical (unpaired) electrons. The number of thioether (sulfide) groups is 1. The fourth-order valence-electron chi connectivity index (χ4n) is 3.00. The smallest absolute Gasteiger partial charge is 0.238 e. The minimum absolute atomic E-state index is 0.00858. The van der Waals surface area contributed by atoms with Crippen LogP contribution in [0.15, 0.2) is 65.7 Å². The predicted octanol–water partition coefficient (Wildman–Crippen LogP) is 4.39. The number of ether oxygens (including phenoxy) is 1. The first-order valence-electron chi connectivity index (χ1n) is 9.50. The third kappa shape index (κ3) is 5.40. The summed E-state index contributed by atoms with van der Waals surface area (Å²) in [7, 11) is -3.92. The summed E-state index contributed by atoms with van der Waals surface area (Å²) in [5.41, 5.74) is 0. The van der Waals surface area contributed by atoms with E-state index in [4.69, 9.17) is 9.15 Å². The molecule has 1 saturated heterocycles. The lowest BCUT2D eigenvalue weighted by atomic mass is 10.2. The van der Waals surface area contributed by atoms with Gasteiger partial charge in [0, 0.05) is 17.6 Å². The van der Waals surface area contributed by atoms with Crippen LogP contribution in [0.25, 0.3) is 10.8 Å². The van der Waals surface area contributed by atoms with E-state index in [-0.39, 0.29) is 38.7 Å². The van der Waals surface area contributed by atoms with Gasteiger partial charge in [-0.3, -0.25) is 4.79 Å². The third-order valence-electron chi connectivity index (χ3n) is 4.56. The molecule has 1 aliphatic rings. The molecular weight excluding hydrogens is 524 g/mol. The van der Waals surface area contributed by atoms with Gasteiger partial charge in [0.25, 0.3) is 0 Å². The van der Waals surface area contributed by atoms with Crippen molar-refractivity contribution in [3.63, 3.8) is 0 Å². The number of rotatable bonds is 8. The van der Waals surface area contributed by atoms with Crippen molar-refractivity contribution in [1.82, 2.24) is 10.3 Å². The van der Waals surface area contributed by atoms with Gasteiger partial charge in [-0.15, -0.1) is 11.3 Å². The minimum Gasteiger partial charge on any atom is -0.428 e. The average molecular weight is 543 g/mol. The van der Waals surface area contributed by atoms with Gasteiger partial charge in [0.05, 0.1) is 21.6 Å². The number of hydrogen-bond donors (Lipinski definition) is 1. The van der Waals surface area contributed by atoms with E-state index in [1.165, 1.54) is 23.5 Å². The van der Waals surface area contributed by atoms with Crippen LogP contribution in [0.1, 0.15) is 12.8 Å². The summed E-state index contributed by atoms with van der Waals surface area (Å²) in [4.78, 5) is 17.4. The molecule has 7 nitrogen and oxygen atoms in total. The fraction of sp³-hybridized carbons (Fsp3) is 0.300. The molecule has 1 amide bonds. The number of nitrogens with one attached hydrogen (secondary N) is 1. The van der Waals surface area contributed by atoms with E-state index in [9.17, 15) is 13.2 Å². The van der Waals surface area contributed by atoms with Crippen molar-refractivity contribution in [2.75, 3.05) is 18.9 Å². The van der Waals surface area contributed by atoms with Crippen LogP contribution < -0.4 is 5.32 Å². The molecule has 1 aliphatic heterocycles. The number of oxazole rings is 1. The van der Waals surface area contributed by atoms with Crippen LogP contribution in [0.2, 0.25) is 0 Å². The summed E-state index contributed by atoms with van der Waals surface area (Å²) in [5.74, 6) is 0.00350. The molecule has 0 spiro atoms. The molecule has 4 rings (SSSR count). The molecule has 0 unspecified atom stereocenters. The van der Waals surface area contributed by atoms with E-state index in [1.807, 2.05) is 11.4 Å². The average Bonchev–Trinajstić information content (AvgIpc) is 3.52. The van der Waals surface area contributed by atoms with Gasteiger partial charge in [-0.05, 0) is 48.6 Å². The molecule has 1 atom stereocenters. The van der Waals surface area contributed by atoms with Crippen LogP contribution in [0.4, 0.5) is 0 Å². The Morgan fingerprint density at radius 3 is 2.77 bits per heavy atom. The van der Waals surface area contributed by atoms with E-state index < -0.39 is 9.84 Å². The van der Waals surface area contributed by atoms with Crippen LogP contribution in [0.3, 0.4) is 0 Å². The Bertz CT molecular complexity index is 1140. The summed E-state index contributed by atoms with van der Waals surface area (Å²) in [6.45, 7) is 1.16. The highest BCUT2D eigenvalue weighted by atomic mass is 79.9. The van der Waals surface area contributed by atoms with Crippen molar-refractivity contribution >= 4 is 54.8 Å². The number of carbonyl (C=O) groups is 1. The quantitative estimate of drug-likeness (QED) is 0.421. The van der Waals surface area contributed by atoms with Gasteiger partial charge in [0.15, 0.2) is 0 Å². The van der Waals surface area contributed by atoms with Gasteiger partial charge in [-0.2, -0.15) is 4.98 Å². The second-order valence-electron chi connectivity index (χ2n) is 6.77. The monoisotopic (exact) mass is 542 g/mol. The zero-order valence-corrected chi connectivity index (χ0v) is 20.3. The Kier molecular flexibility index (Phi) is 7.17. The number of halogens is 1. The Balaban J connectivity index is 1.55. The molecule has 1 aromatic carbocycles. The zero-order valence-electron chi connectivity index (χ0n) is 16.2. The Hall–Kier alpha value is -1.66. The normalized spacial score (nSPS) is 16.5. The molecule has 3 heterocycles. The van der Waals surface area contributed by atoms with Crippen molar-refractivity contribution < 1.29 is 22.4 Å². The summed E-state index contributed by atoms with van der Waals surface area (Å²) in [6, 6.07) is 9.94. The maximum absolute atomic E-state index is 13.2. The first-order chi connectivity index (χ1) is 14.9. The van der Waals surface area contributed by atoms with Crippen molar-refractivity contribution in [2.24, 2.45) is 0 Å². The number of benzene rings is 1. The van der Waals surface area contributed by atoms with Crippen molar-refractivity contribution in [1.29, 1.82) is 0 Å². The lowest BCUT2D eigenvalue weighted by Gasteiger charge is -2.10. The third-order valence-corrected chi connectivity index (χ3v) is 8.70. The molecule has 0 aliphatic carbocycles. The maximum Gasteiger partial charge on any atom is 0.238 e. The predicted molar refractivity (Wildman–Crippen MR) is 122 cm³/mol. The number of nitrogens with zero attached hydrogens (tertiary/aromatic N) is 1. The van der Waals surface area contributed by atoms with Gasteiger partial charge in [-0.25, -0.2) is 8.42 Å². The topological polar surface area (TPSA) is 98.5 Å². The first kappa shape index (κ1) is 22.5. The lowest BCUT2D eigenvalue weighted by molar-refractivity contribution is -0.119. The highest BCUT2D eigenvalue weighted by molar-refractivity contribution is 9.10. The number of sulfone groups is 1. The largest absolute Gasteiger partial charge is 0.428 e. The van der Waals surface area contributed by atoms with Crippen LogP contribution in [0.5, 0.6) is 0 Å². The van der Waals surface area contributed by atoms with Gasteiger partial charge >= 0.3 is 0 Å². The molecule has 3 aromatic rings. The molecule has 1 N–H and O–H groups in total. The molecule has 31 heavy (non-hydrogen) atoms. The number of hydrogen-bond acceptors (Lipinski definition) is 8. The lowest BCUT2D eigenvalue weighted by Crippen LogP contribution is -2.32. The molecule has 2 aromatic heterocycles. The SMILES string of the molecule is O=C(CSc1oc(-c2cccs2)nc1S(=O)(=O)c1ccc(Br)cc1)NC[C@@H]1CCCO1. The Labute approximate surface area is 196 Å². The first-order valence-corrected chi connectivity index (χ1v) is 13.6. The van der Waals surface area contributed by atoms with Crippen molar-refractivity contribution in [2.45, 2.75) is 34.0 Å². The van der Waals surface area contributed by atoms with E-state index in [1.54, 1.807) is 18.2 Å². The fourth-order valence-corrected chi connectivity index (χ4v) is 6.27. The molecule has 0 saturated carbocycles. The highest BCUT2D eigenvalue weighted by Crippen LogP contribution is 2.36. The van der Waals surface area contributed by atoms with Crippen molar-refractivity contribution in [3.05, 3.63) is 46.3 Å². The second kappa shape index (κ2) is 9.86. The number of aromatic nitrogens is 1. The zero-order chi connectivity index (χ0) is 21.8. The molecule has 11 heteroatoms. The maximum atomic E-state index is 13.2. The second-order valence-corrected chi connectivity index (χ2v) is 11.5. The standard InChI is InChI=1S/C20H19BrN2O5S3/c21-13-5-7-15(8-6-13)31(25,26)19-20(28-18(23-19)16-4-2-10-29-16)30-12-17(24)22-11-14-3-1-9-27-14/h2,4-8,10,14H,1,3,9,11-12H2,(H,22,24)/t14-/m0/s1. The summed E-state index contributed by atoms with van der Waals surface area (Å²) >= 11 is 5.72. The van der Waals surface area contributed by atoms with Crippen LogP contribution in [0, 0.1) is 0 Å². The molecule has 164 valence electrons. The minimum atomic E-state index is -3.92. The van der Waals surface area contributed by atoms with Gasteiger partial charge in [0.1, 0.15) is 0 Å². The van der Waals surface area contributed by atoms with Crippen LogP contribution in [-0.2, 0) is 19.4 Å². The molecular formula is C20H19BrN2O5S3. The highest BCUT2D eigenvalue weighted by Gasteiger charge is 2.29. The Morgan fingerprint density at radius 1 is 1.29 bits per heavy atom. The van der Waals surface area contributed by atoms with E-state index >= 15 is 0 Å². The Morgan fingerprint density at radius 2 is 2.10 bits per heavy atom. The molecule has 1 fully saturated rings. The van der Waals surface area contributed by atoms with E-state index in [0.29, 0.717) is 11.4 Å². The van der Waals surface area contributed by atoms with E-state index in [0.717, 1.165) is 35.7 Å².